The quantitative estimate of drug-likeness (QED) is 0.561. The first-order valence-corrected chi connectivity index (χ1v) is 8.04. The first kappa shape index (κ1) is 14.7. The fourth-order valence-electron chi connectivity index (χ4n) is 2.18. The van der Waals surface area contributed by atoms with Crippen LogP contribution in [0.3, 0.4) is 0 Å². The molecule has 0 aliphatic carbocycles. The van der Waals surface area contributed by atoms with E-state index in [0.29, 0.717) is 28.2 Å². The molecule has 108 valence electrons. The molecule has 6 heteroatoms. The van der Waals surface area contributed by atoms with E-state index < -0.39 is 0 Å². The highest BCUT2D eigenvalue weighted by Gasteiger charge is 2.16. The van der Waals surface area contributed by atoms with E-state index in [0.717, 1.165) is 16.0 Å². The second kappa shape index (κ2) is 5.52. The molecule has 0 spiro atoms. The van der Waals surface area contributed by atoms with E-state index in [4.69, 9.17) is 23.2 Å². The van der Waals surface area contributed by atoms with Gasteiger partial charge in [0.05, 0.1) is 15.4 Å². The molecule has 0 aliphatic rings. The number of aryl methyl sites for hydroxylation is 2. The lowest BCUT2D eigenvalue weighted by atomic mass is 10.1. The molecule has 0 atom stereocenters. The van der Waals surface area contributed by atoms with Gasteiger partial charge in [-0.2, -0.15) is 0 Å². The van der Waals surface area contributed by atoms with Crippen LogP contribution in [0.2, 0.25) is 10.2 Å². The Labute approximate surface area is 135 Å². The number of fused-ring (bicyclic) bond motifs is 1. The summed E-state index contributed by atoms with van der Waals surface area (Å²) < 4.78 is 13.6. The number of thiophene rings is 1. The smallest absolute Gasteiger partial charge is 0.173 e. The van der Waals surface area contributed by atoms with Crippen molar-refractivity contribution in [3.05, 3.63) is 44.6 Å². The maximum atomic E-state index is 13.6. The van der Waals surface area contributed by atoms with Gasteiger partial charge in [0.15, 0.2) is 5.82 Å². The second-order valence-corrected chi connectivity index (χ2v) is 6.33. The summed E-state index contributed by atoms with van der Waals surface area (Å²) in [5.74, 6) is 0.152. The minimum absolute atomic E-state index is 0.242. The molecule has 2 aromatic heterocycles. The molecule has 0 aliphatic heterocycles. The summed E-state index contributed by atoms with van der Waals surface area (Å²) in [7, 11) is 0. The summed E-state index contributed by atoms with van der Waals surface area (Å²) in [6.45, 7) is 3.88. The number of aromatic nitrogens is 2. The van der Waals surface area contributed by atoms with Crippen LogP contribution in [-0.4, -0.2) is 9.97 Å². The molecule has 2 nitrogen and oxygen atoms in total. The highest BCUT2D eigenvalue weighted by Crippen LogP contribution is 2.36. The molecule has 0 radical (unpaired) electrons. The van der Waals surface area contributed by atoms with Crippen molar-refractivity contribution in [1.29, 1.82) is 0 Å². The van der Waals surface area contributed by atoms with E-state index in [1.54, 1.807) is 0 Å². The highest BCUT2D eigenvalue weighted by atomic mass is 35.5. The van der Waals surface area contributed by atoms with Crippen LogP contribution in [0.15, 0.2) is 17.5 Å². The number of benzene rings is 1. The lowest BCUT2D eigenvalue weighted by molar-refractivity contribution is 0.627. The molecule has 3 aromatic rings. The standard InChI is InChI=1S/C15H11Cl2FN2S/c1-3-8-4-9(18)5-10-12(8)19-15(20-14(10)17)13-11(16)7(2)6-21-13/h4-6H,3H2,1-2H3. The maximum absolute atomic E-state index is 13.6. The van der Waals surface area contributed by atoms with Gasteiger partial charge in [-0.05, 0) is 42.0 Å². The van der Waals surface area contributed by atoms with Crippen molar-refractivity contribution in [3.8, 4) is 10.7 Å². The van der Waals surface area contributed by atoms with Crippen LogP contribution in [0.25, 0.3) is 21.6 Å². The van der Waals surface area contributed by atoms with Gasteiger partial charge in [-0.25, -0.2) is 14.4 Å². The van der Waals surface area contributed by atoms with E-state index in [2.05, 4.69) is 9.97 Å². The Morgan fingerprint density at radius 3 is 2.62 bits per heavy atom. The minimum Gasteiger partial charge on any atom is -0.227 e. The van der Waals surface area contributed by atoms with Crippen LogP contribution in [0.4, 0.5) is 4.39 Å². The zero-order valence-electron chi connectivity index (χ0n) is 11.4. The largest absolute Gasteiger partial charge is 0.227 e. The van der Waals surface area contributed by atoms with Crippen LogP contribution in [0.1, 0.15) is 18.1 Å². The number of halogens is 3. The van der Waals surface area contributed by atoms with Gasteiger partial charge in [-0.15, -0.1) is 11.3 Å². The van der Waals surface area contributed by atoms with Crippen molar-refractivity contribution in [2.45, 2.75) is 20.3 Å². The number of rotatable bonds is 2. The van der Waals surface area contributed by atoms with Gasteiger partial charge in [-0.3, -0.25) is 0 Å². The number of hydrogen-bond acceptors (Lipinski definition) is 3. The van der Waals surface area contributed by atoms with Crippen LogP contribution in [0.5, 0.6) is 0 Å². The summed E-state index contributed by atoms with van der Waals surface area (Å²) in [6.07, 6.45) is 0.665. The van der Waals surface area contributed by atoms with Crippen molar-refractivity contribution in [3.63, 3.8) is 0 Å². The van der Waals surface area contributed by atoms with Crippen molar-refractivity contribution in [2.24, 2.45) is 0 Å². The van der Waals surface area contributed by atoms with Crippen LogP contribution >= 0.6 is 34.5 Å². The van der Waals surface area contributed by atoms with Crippen molar-refractivity contribution < 1.29 is 4.39 Å². The summed E-state index contributed by atoms with van der Waals surface area (Å²) in [6, 6.07) is 2.85. The molecule has 0 bridgehead atoms. The maximum Gasteiger partial charge on any atom is 0.173 e. The molecule has 0 saturated carbocycles. The Hall–Kier alpha value is -1.23. The van der Waals surface area contributed by atoms with E-state index >= 15 is 0 Å². The third kappa shape index (κ3) is 2.52. The summed E-state index contributed by atoms with van der Waals surface area (Å²) in [5, 5.41) is 3.36. The fourth-order valence-corrected chi connectivity index (χ4v) is 3.62. The lowest BCUT2D eigenvalue weighted by Crippen LogP contribution is -1.96. The van der Waals surface area contributed by atoms with Crippen molar-refractivity contribution in [1.82, 2.24) is 9.97 Å². The van der Waals surface area contributed by atoms with Gasteiger partial charge >= 0.3 is 0 Å². The predicted molar refractivity (Wildman–Crippen MR) is 86.9 cm³/mol. The SMILES string of the molecule is CCc1cc(F)cc2c(Cl)nc(-c3scc(C)c3Cl)nc12. The Bertz CT molecular complexity index is 845. The average molecular weight is 341 g/mol. The predicted octanol–water partition coefficient (Wildman–Crippen LogP) is 5.68. The van der Waals surface area contributed by atoms with Crippen LogP contribution < -0.4 is 0 Å². The van der Waals surface area contributed by atoms with E-state index in [1.165, 1.54) is 23.5 Å². The van der Waals surface area contributed by atoms with Gasteiger partial charge < -0.3 is 0 Å². The fraction of sp³-hybridized carbons (Fsp3) is 0.200. The van der Waals surface area contributed by atoms with Gasteiger partial charge in [-0.1, -0.05) is 30.1 Å². The molecular formula is C15H11Cl2FN2S. The topological polar surface area (TPSA) is 25.8 Å². The first-order valence-electron chi connectivity index (χ1n) is 6.41. The molecule has 1 aromatic carbocycles. The van der Waals surface area contributed by atoms with E-state index in [1.807, 2.05) is 19.2 Å². The highest BCUT2D eigenvalue weighted by molar-refractivity contribution is 7.14. The van der Waals surface area contributed by atoms with Crippen LogP contribution in [-0.2, 0) is 6.42 Å². The molecule has 0 N–H and O–H groups in total. The second-order valence-electron chi connectivity index (χ2n) is 4.71. The molecule has 0 unspecified atom stereocenters. The number of hydrogen-bond donors (Lipinski definition) is 0. The number of nitrogens with zero attached hydrogens (tertiary/aromatic N) is 2. The Balaban J connectivity index is 2.32. The van der Waals surface area contributed by atoms with Crippen molar-refractivity contribution in [2.75, 3.05) is 0 Å². The normalized spacial score (nSPS) is 11.3. The molecule has 21 heavy (non-hydrogen) atoms. The van der Waals surface area contributed by atoms with Gasteiger partial charge in [0.25, 0.3) is 0 Å². The van der Waals surface area contributed by atoms with Gasteiger partial charge in [0.1, 0.15) is 11.0 Å². The molecule has 0 amide bonds. The van der Waals surface area contributed by atoms with Gasteiger partial charge in [0, 0.05) is 5.39 Å². The molecule has 0 saturated heterocycles. The molecule has 3 rings (SSSR count). The zero-order chi connectivity index (χ0) is 15.1. The third-order valence-corrected chi connectivity index (χ3v) is 5.26. The monoisotopic (exact) mass is 340 g/mol. The molecular weight excluding hydrogens is 330 g/mol. The van der Waals surface area contributed by atoms with E-state index in [-0.39, 0.29) is 11.0 Å². The van der Waals surface area contributed by atoms with Gasteiger partial charge in [0.2, 0.25) is 0 Å². The summed E-state index contributed by atoms with van der Waals surface area (Å²) in [5.41, 5.74) is 2.46. The van der Waals surface area contributed by atoms with E-state index in [9.17, 15) is 4.39 Å². The summed E-state index contributed by atoms with van der Waals surface area (Å²) in [4.78, 5) is 9.61. The molecule has 0 fully saturated rings. The Kier molecular flexibility index (Phi) is 3.86. The van der Waals surface area contributed by atoms with Crippen LogP contribution in [0, 0.1) is 12.7 Å². The Morgan fingerprint density at radius 1 is 1.24 bits per heavy atom. The average Bonchev–Trinajstić information content (AvgIpc) is 2.79. The third-order valence-electron chi connectivity index (χ3n) is 3.28. The zero-order valence-corrected chi connectivity index (χ0v) is 13.7. The van der Waals surface area contributed by atoms with Crippen molar-refractivity contribution >= 4 is 45.4 Å². The Morgan fingerprint density at radius 2 is 2.00 bits per heavy atom. The minimum atomic E-state index is -0.331. The molecule has 2 heterocycles. The summed E-state index contributed by atoms with van der Waals surface area (Å²) >= 11 is 14.0. The lowest BCUT2D eigenvalue weighted by Gasteiger charge is -2.08. The first-order chi connectivity index (χ1) is 10.0.